The van der Waals surface area contributed by atoms with Gasteiger partial charge in [-0.2, -0.15) is 5.10 Å². The topological polar surface area (TPSA) is 57.9 Å². The van der Waals surface area contributed by atoms with E-state index < -0.39 is 0 Å². The Morgan fingerprint density at radius 2 is 2.04 bits per heavy atom. The van der Waals surface area contributed by atoms with Gasteiger partial charge < -0.3 is 19.9 Å². The van der Waals surface area contributed by atoms with Crippen LogP contribution in [0.4, 0.5) is 0 Å². The fourth-order valence-corrected chi connectivity index (χ4v) is 3.06. The van der Waals surface area contributed by atoms with E-state index in [1.807, 2.05) is 31.2 Å². The van der Waals surface area contributed by atoms with Crippen molar-refractivity contribution in [2.75, 3.05) is 47.9 Å². The molecule has 7 nitrogen and oxygen atoms in total. The van der Waals surface area contributed by atoms with Gasteiger partial charge in [0.25, 0.3) is 0 Å². The van der Waals surface area contributed by atoms with Crippen molar-refractivity contribution in [1.29, 1.82) is 0 Å². The Morgan fingerprint density at radius 3 is 2.54 bits per heavy atom. The lowest BCUT2D eigenvalue weighted by atomic mass is 9.88. The maximum absolute atomic E-state index is 5.53. The molecule has 138 valence electrons. The maximum Gasteiger partial charge on any atom is 0.193 e. The van der Waals surface area contributed by atoms with Gasteiger partial charge in [0.1, 0.15) is 0 Å². The van der Waals surface area contributed by atoms with Crippen LogP contribution >= 0.6 is 24.0 Å². The fourth-order valence-electron chi connectivity index (χ4n) is 3.06. The van der Waals surface area contributed by atoms with Crippen molar-refractivity contribution in [3.8, 4) is 0 Å². The second kappa shape index (κ2) is 9.57. The average molecular weight is 450 g/mol. The van der Waals surface area contributed by atoms with Gasteiger partial charge in [0.15, 0.2) is 5.96 Å². The number of nitrogens with one attached hydrogen (secondary N) is 1. The number of guanidine groups is 1. The molecule has 1 fully saturated rings. The lowest BCUT2D eigenvalue weighted by molar-refractivity contribution is -0.00522. The van der Waals surface area contributed by atoms with E-state index in [9.17, 15) is 0 Å². The molecule has 0 amide bonds. The van der Waals surface area contributed by atoms with Gasteiger partial charge in [-0.25, -0.2) is 0 Å². The van der Waals surface area contributed by atoms with Crippen LogP contribution in [0.15, 0.2) is 17.4 Å². The van der Waals surface area contributed by atoms with Crippen molar-refractivity contribution in [3.05, 3.63) is 18.0 Å². The Morgan fingerprint density at radius 1 is 1.38 bits per heavy atom. The number of halogens is 1. The van der Waals surface area contributed by atoms with Crippen LogP contribution < -0.4 is 5.32 Å². The van der Waals surface area contributed by atoms with Gasteiger partial charge >= 0.3 is 0 Å². The van der Waals surface area contributed by atoms with Crippen molar-refractivity contribution >= 4 is 29.9 Å². The van der Waals surface area contributed by atoms with Crippen LogP contribution in [0.5, 0.6) is 0 Å². The first kappa shape index (κ1) is 21.2. The van der Waals surface area contributed by atoms with Crippen molar-refractivity contribution in [2.45, 2.75) is 24.9 Å². The summed E-state index contributed by atoms with van der Waals surface area (Å²) in [6.07, 6.45) is 6.00. The van der Waals surface area contributed by atoms with Crippen LogP contribution in [-0.4, -0.2) is 79.0 Å². The first-order valence-electron chi connectivity index (χ1n) is 8.11. The van der Waals surface area contributed by atoms with Crippen LogP contribution in [0.2, 0.25) is 0 Å². The van der Waals surface area contributed by atoms with Crippen molar-refractivity contribution in [1.82, 2.24) is 24.9 Å². The van der Waals surface area contributed by atoms with Gasteiger partial charge in [0.2, 0.25) is 0 Å². The lowest BCUT2D eigenvalue weighted by Gasteiger charge is -2.43. The smallest absolute Gasteiger partial charge is 0.193 e. The zero-order valence-electron chi connectivity index (χ0n) is 15.4. The van der Waals surface area contributed by atoms with E-state index in [1.165, 1.54) is 5.56 Å². The molecule has 0 aromatic carbocycles. The van der Waals surface area contributed by atoms with Crippen LogP contribution in [-0.2, 0) is 18.3 Å². The molecule has 1 aromatic rings. The number of hydrogen-bond acceptors (Lipinski definition) is 4. The Kier molecular flexibility index (Phi) is 8.44. The zero-order valence-corrected chi connectivity index (χ0v) is 17.8. The number of ether oxygens (including phenoxy) is 1. The summed E-state index contributed by atoms with van der Waals surface area (Å²) in [5.41, 5.74) is 1.30. The number of aromatic nitrogens is 2. The third-order valence-corrected chi connectivity index (χ3v) is 4.70. The van der Waals surface area contributed by atoms with Crippen LogP contribution in [0, 0.1) is 0 Å². The molecule has 0 radical (unpaired) electrons. The number of nitrogens with zero attached hydrogens (tertiary/aromatic N) is 5. The normalized spacial score (nSPS) is 17.5. The highest BCUT2D eigenvalue weighted by atomic mass is 127. The summed E-state index contributed by atoms with van der Waals surface area (Å²) in [5.74, 6) is 0.904. The molecule has 0 atom stereocenters. The maximum atomic E-state index is 5.53. The first-order chi connectivity index (χ1) is 11.0. The van der Waals surface area contributed by atoms with Gasteiger partial charge in [-0.3, -0.25) is 9.67 Å². The monoisotopic (exact) mass is 450 g/mol. The van der Waals surface area contributed by atoms with Crippen LogP contribution in [0.1, 0.15) is 18.4 Å². The van der Waals surface area contributed by atoms with Crippen molar-refractivity contribution in [3.63, 3.8) is 0 Å². The Labute approximate surface area is 162 Å². The highest BCUT2D eigenvalue weighted by molar-refractivity contribution is 14.0. The standard InChI is InChI=1S/C16H30N6O.HI/c1-17-15(21(4)11-14-10-19-22(5)12-14)18-13-16(20(2)3)6-8-23-9-7-16;/h10,12H,6-9,11,13H2,1-5H3,(H,17,18);1H. The highest BCUT2D eigenvalue weighted by Crippen LogP contribution is 2.25. The molecule has 0 bridgehead atoms. The van der Waals surface area contributed by atoms with Gasteiger partial charge in [-0.15, -0.1) is 24.0 Å². The van der Waals surface area contributed by atoms with E-state index in [0.29, 0.717) is 0 Å². The third-order valence-electron chi connectivity index (χ3n) is 4.70. The molecule has 0 spiro atoms. The Bertz CT molecular complexity index is 524. The second-order valence-electron chi connectivity index (χ2n) is 6.51. The average Bonchev–Trinajstić information content (AvgIpc) is 2.93. The largest absolute Gasteiger partial charge is 0.381 e. The van der Waals surface area contributed by atoms with E-state index in [1.54, 1.807) is 0 Å². The molecule has 2 rings (SSSR count). The number of likely N-dealkylation sites (N-methyl/N-ethyl adjacent to an activating group) is 1. The summed E-state index contributed by atoms with van der Waals surface area (Å²) < 4.78 is 7.35. The molecule has 1 aliphatic rings. The molecular formula is C16H31IN6O. The first-order valence-corrected chi connectivity index (χ1v) is 8.11. The summed E-state index contributed by atoms with van der Waals surface area (Å²) in [4.78, 5) is 8.86. The van der Waals surface area contributed by atoms with Crippen molar-refractivity contribution < 1.29 is 4.74 Å². The van der Waals surface area contributed by atoms with E-state index in [4.69, 9.17) is 4.74 Å². The minimum absolute atomic E-state index is 0. The van der Waals surface area contributed by atoms with Gasteiger partial charge in [-0.05, 0) is 26.9 Å². The SMILES string of the molecule is CN=C(NCC1(N(C)C)CCOCC1)N(C)Cc1cnn(C)c1.I. The van der Waals surface area contributed by atoms with E-state index >= 15 is 0 Å². The minimum Gasteiger partial charge on any atom is -0.381 e. The summed E-state index contributed by atoms with van der Waals surface area (Å²) in [7, 11) is 10.1. The van der Waals surface area contributed by atoms with Crippen LogP contribution in [0.3, 0.4) is 0 Å². The van der Waals surface area contributed by atoms with Crippen molar-refractivity contribution in [2.24, 2.45) is 12.0 Å². The lowest BCUT2D eigenvalue weighted by Crippen LogP contribution is -2.57. The molecule has 8 heteroatoms. The van der Waals surface area contributed by atoms with E-state index in [2.05, 4.69) is 46.4 Å². The minimum atomic E-state index is 0. The number of aliphatic imine (C=N–C) groups is 1. The third kappa shape index (κ3) is 5.32. The summed E-state index contributed by atoms with van der Waals surface area (Å²) in [5, 5.41) is 7.76. The number of hydrogen-bond donors (Lipinski definition) is 1. The summed E-state index contributed by atoms with van der Waals surface area (Å²) in [6.45, 7) is 3.30. The quantitative estimate of drug-likeness (QED) is 0.415. The number of aryl methyl sites for hydroxylation is 1. The molecule has 1 aliphatic heterocycles. The Balaban J connectivity index is 0.00000288. The molecule has 1 saturated heterocycles. The predicted octanol–water partition coefficient (Wildman–Crippen LogP) is 1.16. The fraction of sp³-hybridized carbons (Fsp3) is 0.750. The molecule has 0 saturated carbocycles. The molecule has 1 N–H and O–H groups in total. The highest BCUT2D eigenvalue weighted by Gasteiger charge is 2.35. The summed E-state index contributed by atoms with van der Waals surface area (Å²) in [6, 6.07) is 0. The van der Waals surface area contributed by atoms with Crippen LogP contribution in [0.25, 0.3) is 0 Å². The second-order valence-corrected chi connectivity index (χ2v) is 6.51. The molecule has 0 aliphatic carbocycles. The zero-order chi connectivity index (χ0) is 16.9. The molecule has 1 aromatic heterocycles. The molecule has 24 heavy (non-hydrogen) atoms. The van der Waals surface area contributed by atoms with Gasteiger partial charge in [-0.1, -0.05) is 0 Å². The predicted molar refractivity (Wildman–Crippen MR) is 108 cm³/mol. The van der Waals surface area contributed by atoms with Gasteiger partial charge in [0.05, 0.1) is 6.20 Å². The van der Waals surface area contributed by atoms with Gasteiger partial charge in [0, 0.05) is 64.7 Å². The van der Waals surface area contributed by atoms with E-state index in [-0.39, 0.29) is 29.5 Å². The Hall–Kier alpha value is -0.870. The molecular weight excluding hydrogens is 419 g/mol. The molecule has 2 heterocycles. The number of rotatable bonds is 5. The summed E-state index contributed by atoms with van der Waals surface area (Å²) >= 11 is 0. The van der Waals surface area contributed by atoms with E-state index in [0.717, 1.165) is 45.1 Å². The molecule has 0 unspecified atom stereocenters.